The molecule has 0 radical (unpaired) electrons. The minimum atomic E-state index is -4.81. The van der Waals surface area contributed by atoms with E-state index < -0.39 is 36.0 Å². The van der Waals surface area contributed by atoms with Crippen molar-refractivity contribution in [2.75, 3.05) is 0 Å². The van der Waals surface area contributed by atoms with Gasteiger partial charge in [-0.25, -0.2) is 4.98 Å². The lowest BCUT2D eigenvalue weighted by Crippen LogP contribution is -2.41. The average Bonchev–Trinajstić information content (AvgIpc) is 2.47. The van der Waals surface area contributed by atoms with E-state index in [1.54, 1.807) is 27.7 Å². The SMILES string of the molecule is CC1(C)OB(c2cnc(F)c(C(F)(F)F)c2)OC1(C)C. The van der Waals surface area contributed by atoms with Crippen LogP contribution in [0.4, 0.5) is 17.6 Å². The zero-order chi connectivity index (χ0) is 15.3. The Balaban J connectivity index is 2.37. The molecule has 0 unspecified atom stereocenters. The molecular weight excluding hydrogens is 277 g/mol. The number of hydrogen-bond acceptors (Lipinski definition) is 3. The van der Waals surface area contributed by atoms with Crippen molar-refractivity contribution < 1.29 is 26.9 Å². The number of pyridine rings is 1. The fourth-order valence-corrected chi connectivity index (χ4v) is 1.77. The van der Waals surface area contributed by atoms with Crippen molar-refractivity contribution in [2.45, 2.75) is 45.1 Å². The molecule has 1 aromatic rings. The highest BCUT2D eigenvalue weighted by Crippen LogP contribution is 2.37. The minimum absolute atomic E-state index is 0.0392. The summed E-state index contributed by atoms with van der Waals surface area (Å²) in [5.41, 5.74) is -2.77. The molecule has 0 amide bonds. The molecule has 3 nitrogen and oxygen atoms in total. The van der Waals surface area contributed by atoms with Gasteiger partial charge in [0.1, 0.15) is 5.56 Å². The third-order valence-corrected chi connectivity index (χ3v) is 3.69. The largest absolute Gasteiger partial charge is 0.496 e. The first-order valence-corrected chi connectivity index (χ1v) is 6.02. The molecule has 0 spiro atoms. The molecular formula is C12H14BF4NO2. The predicted molar refractivity (Wildman–Crippen MR) is 64.9 cm³/mol. The van der Waals surface area contributed by atoms with Crippen molar-refractivity contribution in [3.05, 3.63) is 23.8 Å². The molecule has 20 heavy (non-hydrogen) atoms. The van der Waals surface area contributed by atoms with E-state index in [-0.39, 0.29) is 5.46 Å². The molecule has 1 aliphatic heterocycles. The van der Waals surface area contributed by atoms with Crippen LogP contribution in [0.5, 0.6) is 0 Å². The third-order valence-electron chi connectivity index (χ3n) is 3.69. The van der Waals surface area contributed by atoms with Crippen LogP contribution in [0.1, 0.15) is 33.3 Å². The Morgan fingerprint density at radius 2 is 1.60 bits per heavy atom. The second-order valence-corrected chi connectivity index (χ2v) is 5.69. The van der Waals surface area contributed by atoms with Crippen LogP contribution in [0.25, 0.3) is 0 Å². The zero-order valence-electron chi connectivity index (χ0n) is 11.5. The third kappa shape index (κ3) is 2.54. The van der Waals surface area contributed by atoms with Crippen LogP contribution in [0.2, 0.25) is 0 Å². The smallest absolute Gasteiger partial charge is 0.399 e. The van der Waals surface area contributed by atoms with Crippen molar-refractivity contribution in [3.63, 3.8) is 0 Å². The molecule has 2 rings (SSSR count). The van der Waals surface area contributed by atoms with Gasteiger partial charge >= 0.3 is 13.3 Å². The fraction of sp³-hybridized carbons (Fsp3) is 0.583. The van der Waals surface area contributed by atoms with Gasteiger partial charge in [0.2, 0.25) is 5.95 Å². The van der Waals surface area contributed by atoms with E-state index in [9.17, 15) is 17.6 Å². The van der Waals surface area contributed by atoms with Gasteiger partial charge in [-0.05, 0) is 33.8 Å². The highest BCUT2D eigenvalue weighted by Gasteiger charge is 2.52. The summed E-state index contributed by atoms with van der Waals surface area (Å²) in [6.45, 7) is 7.09. The van der Waals surface area contributed by atoms with Crippen LogP contribution in [-0.2, 0) is 15.5 Å². The van der Waals surface area contributed by atoms with Crippen molar-refractivity contribution >= 4 is 12.6 Å². The zero-order valence-corrected chi connectivity index (χ0v) is 11.5. The van der Waals surface area contributed by atoms with Crippen LogP contribution >= 0.6 is 0 Å². The van der Waals surface area contributed by atoms with Crippen LogP contribution < -0.4 is 5.46 Å². The normalized spacial score (nSPS) is 21.3. The first-order valence-electron chi connectivity index (χ1n) is 6.02. The maximum Gasteiger partial charge on any atom is 0.496 e. The van der Waals surface area contributed by atoms with Crippen molar-refractivity contribution in [3.8, 4) is 0 Å². The van der Waals surface area contributed by atoms with E-state index in [0.717, 1.165) is 6.20 Å². The quantitative estimate of drug-likeness (QED) is 0.452. The molecule has 8 heteroatoms. The average molecular weight is 291 g/mol. The second-order valence-electron chi connectivity index (χ2n) is 5.69. The number of alkyl halides is 3. The van der Waals surface area contributed by atoms with Crippen LogP contribution in [0.3, 0.4) is 0 Å². The predicted octanol–water partition coefficient (Wildman–Crippen LogP) is 2.54. The first kappa shape index (κ1) is 15.2. The Morgan fingerprint density at radius 1 is 1.10 bits per heavy atom. The van der Waals surface area contributed by atoms with E-state index in [1.165, 1.54) is 0 Å². The summed E-state index contributed by atoms with van der Waals surface area (Å²) in [5.74, 6) is -1.56. The second kappa shape index (κ2) is 4.43. The van der Waals surface area contributed by atoms with E-state index in [0.29, 0.717) is 6.07 Å². The van der Waals surface area contributed by atoms with Crippen molar-refractivity contribution in [1.29, 1.82) is 0 Å². The number of nitrogens with zero attached hydrogens (tertiary/aromatic N) is 1. The molecule has 0 N–H and O–H groups in total. The molecule has 0 saturated carbocycles. The van der Waals surface area contributed by atoms with Crippen LogP contribution in [0, 0.1) is 5.95 Å². The van der Waals surface area contributed by atoms with Gasteiger partial charge in [0.25, 0.3) is 0 Å². The van der Waals surface area contributed by atoms with Crippen LogP contribution in [0.15, 0.2) is 12.3 Å². The maximum atomic E-state index is 13.1. The first-order chi connectivity index (χ1) is 8.94. The fourth-order valence-electron chi connectivity index (χ4n) is 1.77. The molecule has 1 aromatic heterocycles. The lowest BCUT2D eigenvalue weighted by atomic mass is 9.79. The molecule has 0 aromatic carbocycles. The Labute approximate surface area is 114 Å². The lowest BCUT2D eigenvalue weighted by molar-refractivity contribution is -0.140. The van der Waals surface area contributed by atoms with Crippen molar-refractivity contribution in [1.82, 2.24) is 4.98 Å². The summed E-state index contributed by atoms with van der Waals surface area (Å²) in [6.07, 6.45) is -3.82. The van der Waals surface area contributed by atoms with Gasteiger partial charge < -0.3 is 9.31 Å². The van der Waals surface area contributed by atoms with E-state index in [4.69, 9.17) is 9.31 Å². The molecule has 0 atom stereocenters. The standard InChI is InChI=1S/C12H14BF4NO2/c1-10(2)11(3,4)20-13(19-10)7-5-8(12(15,16)17)9(14)18-6-7/h5-6H,1-4H3. The van der Waals surface area contributed by atoms with Crippen LogP contribution in [-0.4, -0.2) is 23.3 Å². The highest BCUT2D eigenvalue weighted by atomic mass is 19.4. The summed E-state index contributed by atoms with van der Waals surface area (Å²) in [5, 5.41) is 0. The summed E-state index contributed by atoms with van der Waals surface area (Å²) in [7, 11) is -1.01. The number of aromatic nitrogens is 1. The summed E-state index contributed by atoms with van der Waals surface area (Å²) < 4.78 is 62.3. The molecule has 2 heterocycles. The summed E-state index contributed by atoms with van der Waals surface area (Å²) in [6, 6.07) is 0.671. The van der Waals surface area contributed by atoms with Gasteiger partial charge in [-0.3, -0.25) is 0 Å². The molecule has 0 bridgehead atoms. The summed E-state index contributed by atoms with van der Waals surface area (Å²) in [4.78, 5) is 3.14. The number of hydrogen-bond donors (Lipinski definition) is 0. The maximum absolute atomic E-state index is 13.1. The van der Waals surface area contributed by atoms with E-state index >= 15 is 0 Å². The summed E-state index contributed by atoms with van der Waals surface area (Å²) >= 11 is 0. The highest BCUT2D eigenvalue weighted by molar-refractivity contribution is 6.62. The minimum Gasteiger partial charge on any atom is -0.399 e. The van der Waals surface area contributed by atoms with E-state index in [2.05, 4.69) is 4.98 Å². The Bertz CT molecular complexity index is 515. The van der Waals surface area contributed by atoms with Gasteiger partial charge in [0.05, 0.1) is 11.2 Å². The van der Waals surface area contributed by atoms with Gasteiger partial charge in [-0.2, -0.15) is 17.6 Å². The van der Waals surface area contributed by atoms with Gasteiger partial charge in [-0.15, -0.1) is 0 Å². The Hall–Kier alpha value is -1.15. The Morgan fingerprint density at radius 3 is 2.05 bits per heavy atom. The van der Waals surface area contributed by atoms with Gasteiger partial charge in [0, 0.05) is 11.7 Å². The van der Waals surface area contributed by atoms with Gasteiger partial charge in [0.15, 0.2) is 0 Å². The number of halogens is 4. The lowest BCUT2D eigenvalue weighted by Gasteiger charge is -2.32. The molecule has 1 aliphatic rings. The molecule has 1 fully saturated rings. The monoisotopic (exact) mass is 291 g/mol. The molecule has 110 valence electrons. The van der Waals surface area contributed by atoms with Gasteiger partial charge in [-0.1, -0.05) is 0 Å². The Kier molecular flexibility index (Phi) is 3.37. The van der Waals surface area contributed by atoms with E-state index in [1.807, 2.05) is 0 Å². The molecule has 1 saturated heterocycles. The number of rotatable bonds is 1. The topological polar surface area (TPSA) is 31.4 Å². The molecule has 0 aliphatic carbocycles. The van der Waals surface area contributed by atoms with Crippen molar-refractivity contribution in [2.24, 2.45) is 0 Å².